The molecule has 318 valence electrons. The van der Waals surface area contributed by atoms with Crippen LogP contribution in [0.1, 0.15) is 168 Å². The average molecular weight is 796 g/mol. The van der Waals surface area contributed by atoms with Gasteiger partial charge in [-0.05, 0) is 57.8 Å². The van der Waals surface area contributed by atoms with Gasteiger partial charge in [-0.3, -0.25) is 18.6 Å². The summed E-state index contributed by atoms with van der Waals surface area (Å²) >= 11 is 0. The maximum Gasteiger partial charge on any atom is 0.472 e. The Balaban J connectivity index is 4.23. The minimum absolute atomic E-state index is 0.00584. The van der Waals surface area contributed by atoms with Gasteiger partial charge in [-0.25, -0.2) is 4.57 Å². The molecule has 0 aliphatic rings. The Labute approximate surface area is 334 Å². The third-order valence-corrected chi connectivity index (χ3v) is 9.76. The summed E-state index contributed by atoms with van der Waals surface area (Å²) in [6.07, 6.45) is 47.0. The molecule has 0 rings (SSSR count). The molecule has 0 aliphatic heterocycles. The number of esters is 1. The smallest absolute Gasteiger partial charge is 0.472 e. The molecule has 0 aromatic carbocycles. The predicted molar refractivity (Wildman–Crippen MR) is 226 cm³/mol. The van der Waals surface area contributed by atoms with Crippen molar-refractivity contribution in [1.82, 2.24) is 0 Å². The van der Waals surface area contributed by atoms with Gasteiger partial charge in [0.15, 0.2) is 0 Å². The first-order valence-corrected chi connectivity index (χ1v) is 22.8. The van der Waals surface area contributed by atoms with Crippen molar-refractivity contribution in [2.45, 2.75) is 180 Å². The number of unbranched alkanes of at least 4 members (excludes halogenated alkanes) is 16. The van der Waals surface area contributed by atoms with Crippen LogP contribution in [0.15, 0.2) is 60.8 Å². The van der Waals surface area contributed by atoms with E-state index in [2.05, 4.69) is 74.6 Å². The molecule has 55 heavy (non-hydrogen) atoms. The Bertz CT molecular complexity index is 1100. The lowest BCUT2D eigenvalue weighted by Gasteiger charge is -2.20. The van der Waals surface area contributed by atoms with Crippen LogP contribution in [0.25, 0.3) is 0 Å². The Kier molecular flexibility index (Phi) is 38.2. The van der Waals surface area contributed by atoms with Crippen LogP contribution in [0, 0.1) is 0 Å². The lowest BCUT2D eigenvalue weighted by molar-refractivity contribution is -0.154. The van der Waals surface area contributed by atoms with Crippen molar-refractivity contribution in [2.75, 3.05) is 26.4 Å². The molecule has 0 aromatic rings. The quantitative estimate of drug-likeness (QED) is 0.0236. The van der Waals surface area contributed by atoms with E-state index in [4.69, 9.17) is 29.4 Å². The van der Waals surface area contributed by atoms with Crippen molar-refractivity contribution >= 4 is 19.8 Å². The van der Waals surface area contributed by atoms with Gasteiger partial charge in [0.25, 0.3) is 0 Å². The number of hydrogen-bond acceptors (Lipinski definition) is 8. The molecule has 4 N–H and O–H groups in total. The average Bonchev–Trinajstić information content (AvgIpc) is 3.16. The zero-order chi connectivity index (χ0) is 40.5. The highest BCUT2D eigenvalue weighted by Gasteiger charge is 2.27. The van der Waals surface area contributed by atoms with Crippen molar-refractivity contribution in [3.05, 3.63) is 60.8 Å². The van der Waals surface area contributed by atoms with Gasteiger partial charge < -0.3 is 25.2 Å². The van der Waals surface area contributed by atoms with Crippen LogP contribution < -0.4 is 5.73 Å². The molecule has 0 aromatic heterocycles. The minimum atomic E-state index is -4.62. The van der Waals surface area contributed by atoms with Crippen LogP contribution in [0.2, 0.25) is 0 Å². The molecule has 0 bridgehead atoms. The van der Waals surface area contributed by atoms with Crippen molar-refractivity contribution < 1.29 is 42.7 Å². The van der Waals surface area contributed by atoms with Gasteiger partial charge in [-0.1, -0.05) is 164 Å². The third-order valence-electron chi connectivity index (χ3n) is 8.81. The Morgan fingerprint density at radius 3 is 1.58 bits per heavy atom. The summed E-state index contributed by atoms with van der Waals surface area (Å²) in [7, 11) is -4.62. The van der Waals surface area contributed by atoms with Crippen LogP contribution >= 0.6 is 7.82 Å². The number of allylic oxidation sites excluding steroid dienone is 10. The van der Waals surface area contributed by atoms with E-state index in [1.807, 2.05) is 0 Å². The van der Waals surface area contributed by atoms with Gasteiger partial charge in [-0.2, -0.15) is 0 Å². The highest BCUT2D eigenvalue weighted by molar-refractivity contribution is 7.47. The van der Waals surface area contributed by atoms with Crippen LogP contribution in [-0.4, -0.2) is 60.5 Å². The zero-order valence-electron chi connectivity index (χ0n) is 34.5. The predicted octanol–water partition coefficient (Wildman–Crippen LogP) is 11.6. The Morgan fingerprint density at radius 2 is 1.05 bits per heavy atom. The van der Waals surface area contributed by atoms with Crippen molar-refractivity contribution in [3.8, 4) is 0 Å². The fourth-order valence-corrected chi connectivity index (χ4v) is 6.29. The largest absolute Gasteiger partial charge is 0.480 e. The van der Waals surface area contributed by atoms with Crippen LogP contribution in [0.5, 0.6) is 0 Å². The number of carboxylic acids is 1. The molecule has 0 radical (unpaired) electrons. The number of nitrogens with two attached hydrogens (primary N) is 1. The molecule has 0 aliphatic carbocycles. The molecule has 0 saturated carbocycles. The van der Waals surface area contributed by atoms with Crippen molar-refractivity contribution in [2.24, 2.45) is 5.73 Å². The fourth-order valence-electron chi connectivity index (χ4n) is 5.51. The lowest BCUT2D eigenvalue weighted by Crippen LogP contribution is -2.34. The summed E-state index contributed by atoms with van der Waals surface area (Å²) in [5.74, 6) is -1.79. The Hall–Kier alpha value is -2.33. The molecular weight excluding hydrogens is 717 g/mol. The van der Waals surface area contributed by atoms with Crippen molar-refractivity contribution in [3.63, 3.8) is 0 Å². The number of phosphoric acid groups is 1. The molecule has 11 heteroatoms. The van der Waals surface area contributed by atoms with Gasteiger partial charge >= 0.3 is 19.8 Å². The first kappa shape index (κ1) is 52.7. The van der Waals surface area contributed by atoms with E-state index in [1.54, 1.807) is 0 Å². The molecule has 10 nitrogen and oxygen atoms in total. The van der Waals surface area contributed by atoms with Crippen LogP contribution in [0.3, 0.4) is 0 Å². The van der Waals surface area contributed by atoms with Crippen LogP contribution in [-0.2, 0) is 32.7 Å². The fraction of sp³-hybridized carbons (Fsp3) is 0.727. The number of aliphatic carboxylic acids is 1. The van der Waals surface area contributed by atoms with E-state index in [1.165, 1.54) is 57.8 Å². The number of carbonyl (C=O) groups excluding carboxylic acids is 1. The van der Waals surface area contributed by atoms with Gasteiger partial charge in [-0.15, -0.1) is 0 Å². The van der Waals surface area contributed by atoms with Gasteiger partial charge in [0.2, 0.25) is 0 Å². The monoisotopic (exact) mass is 796 g/mol. The van der Waals surface area contributed by atoms with E-state index < -0.39 is 45.1 Å². The summed E-state index contributed by atoms with van der Waals surface area (Å²) < 4.78 is 33.3. The van der Waals surface area contributed by atoms with Crippen LogP contribution in [0.4, 0.5) is 0 Å². The maximum absolute atomic E-state index is 12.6. The van der Waals surface area contributed by atoms with Crippen molar-refractivity contribution in [1.29, 1.82) is 0 Å². The topological polar surface area (TPSA) is 155 Å². The molecule has 0 heterocycles. The number of carboxylic acid groups (broad SMARTS) is 1. The molecule has 3 atom stereocenters. The normalized spacial score (nSPS) is 14.5. The Morgan fingerprint density at radius 1 is 0.600 bits per heavy atom. The lowest BCUT2D eigenvalue weighted by atomic mass is 10.1. The second-order valence-corrected chi connectivity index (χ2v) is 15.5. The van der Waals surface area contributed by atoms with E-state index in [-0.39, 0.29) is 13.0 Å². The summed E-state index contributed by atoms with van der Waals surface area (Å²) in [4.78, 5) is 33.4. The SMILES string of the molecule is CC/C=C\C/C=C\C/C=C\C/C=C\C/C=C\CCCCCCCCOCC(COP(=O)(O)OCC(N)C(=O)O)OC(=O)CCCCCCCCCCCCC. The first-order chi connectivity index (χ1) is 26.7. The second kappa shape index (κ2) is 39.9. The van der Waals surface area contributed by atoms with Gasteiger partial charge in [0.05, 0.1) is 19.8 Å². The minimum Gasteiger partial charge on any atom is -0.480 e. The van der Waals surface area contributed by atoms with E-state index in [0.29, 0.717) is 13.0 Å². The molecule has 3 unspecified atom stereocenters. The number of carbonyl (C=O) groups is 2. The summed E-state index contributed by atoms with van der Waals surface area (Å²) in [5.41, 5.74) is 5.35. The molecule has 0 amide bonds. The number of rotatable bonds is 40. The van der Waals surface area contributed by atoms with E-state index >= 15 is 0 Å². The highest BCUT2D eigenvalue weighted by atomic mass is 31.2. The standard InChI is InChI=1S/C44H78NO9P/c1-3-5-7-9-11-13-15-16-17-18-19-20-21-22-23-24-25-27-29-31-33-35-37-51-38-41(39-52-55(49,50)53-40-42(45)44(47)48)54-43(46)36-34-32-30-28-26-14-12-10-8-6-4-2/h5,7,11,13,16-17,19-20,22-23,41-42H,3-4,6,8-10,12,14-15,18,21,24-40,45H2,1-2H3,(H,47,48)(H,49,50)/b7-5-,13-11-,17-16-,20-19-,23-22-. The van der Waals surface area contributed by atoms with Gasteiger partial charge in [0, 0.05) is 13.0 Å². The number of hydrogen-bond donors (Lipinski definition) is 3. The second-order valence-electron chi connectivity index (χ2n) is 14.1. The number of ether oxygens (including phenoxy) is 2. The summed E-state index contributed by atoms with van der Waals surface area (Å²) in [5, 5.41) is 8.88. The molecular formula is C44H78NO9P. The molecule has 0 spiro atoms. The highest BCUT2D eigenvalue weighted by Crippen LogP contribution is 2.43. The summed E-state index contributed by atoms with van der Waals surface area (Å²) in [6.45, 7) is 3.71. The third kappa shape index (κ3) is 39.7. The van der Waals surface area contributed by atoms with E-state index in [0.717, 1.165) is 83.5 Å². The van der Waals surface area contributed by atoms with Gasteiger partial charge in [0.1, 0.15) is 12.1 Å². The van der Waals surface area contributed by atoms with E-state index in [9.17, 15) is 19.0 Å². The zero-order valence-corrected chi connectivity index (χ0v) is 35.4. The summed E-state index contributed by atoms with van der Waals surface area (Å²) in [6, 6.07) is -1.48. The maximum atomic E-state index is 12.6. The first-order valence-electron chi connectivity index (χ1n) is 21.3. The molecule has 0 fully saturated rings. The number of phosphoric ester groups is 1. The molecule has 0 saturated heterocycles.